The predicted octanol–water partition coefficient (Wildman–Crippen LogP) is 8.24. The fourth-order valence-corrected chi connectivity index (χ4v) is 8.78. The minimum atomic E-state index is -0.769. The second kappa shape index (κ2) is 13.9. The lowest BCUT2D eigenvalue weighted by Crippen LogP contribution is -2.59. The monoisotopic (exact) mass is 738 g/mol. The number of ketones is 1. The second-order valence-corrected chi connectivity index (χ2v) is 14.9. The summed E-state index contributed by atoms with van der Waals surface area (Å²) in [6.07, 6.45) is 3.86. The molecular formula is C40H33ClF2N4O4S. The van der Waals surface area contributed by atoms with E-state index >= 15 is 4.39 Å². The Labute approximate surface area is 308 Å². The molecule has 0 radical (unpaired) electrons. The minimum absolute atomic E-state index is 0.139. The molecule has 3 aliphatic heterocycles. The number of halogens is 3. The van der Waals surface area contributed by atoms with Gasteiger partial charge in [-0.25, -0.2) is 13.8 Å². The number of aromatic nitrogens is 1. The number of fused-ring (bicyclic) bond motifs is 3. The van der Waals surface area contributed by atoms with Gasteiger partial charge in [-0.3, -0.25) is 14.4 Å². The molecule has 8 rings (SSSR count). The quantitative estimate of drug-likeness (QED) is 0.169. The SMILES string of the molecule is O=C(Cc1c(F)cccc1Cl)c1cc2c(s1)-c1ccccc1N(C(=O)c1ccc(NC(=O)c3cccnc3N3CC4(CCOCC4)C3)cc1F)CC2. The average Bonchev–Trinajstić information content (AvgIpc) is 3.50. The number of para-hydroxylation sites is 1. The van der Waals surface area contributed by atoms with E-state index in [1.807, 2.05) is 12.1 Å². The number of thiophene rings is 1. The number of benzene rings is 3. The van der Waals surface area contributed by atoms with Crippen LogP contribution >= 0.6 is 22.9 Å². The molecule has 2 saturated heterocycles. The number of nitrogens with zero attached hydrogens (tertiary/aromatic N) is 3. The van der Waals surface area contributed by atoms with E-state index in [9.17, 15) is 18.8 Å². The Morgan fingerprint density at radius 3 is 2.52 bits per heavy atom. The standard InChI is InChI=1S/C40H33ClF2N4O4S/c41-30-7-3-8-31(42)29(30)21-34(48)35-19-24-12-16-47(33-9-2-1-5-27(33)36(24)52-35)39(50)26-11-10-25(20-32(26)43)45-38(49)28-6-4-15-44-37(28)46-22-40(23-46)13-17-51-18-14-40/h1-11,15,19-20H,12-14,16-18,21-23H2,(H,45,49). The van der Waals surface area contributed by atoms with Gasteiger partial charge in [-0.2, -0.15) is 0 Å². The normalized spacial score (nSPS) is 16.1. The fraction of sp³-hybridized carbons (Fsp3) is 0.250. The number of hydrogen-bond acceptors (Lipinski definition) is 7. The van der Waals surface area contributed by atoms with Crippen LogP contribution in [0.1, 0.15) is 54.4 Å². The number of pyridine rings is 1. The first-order valence-corrected chi connectivity index (χ1v) is 18.3. The van der Waals surface area contributed by atoms with Crippen LogP contribution in [0.15, 0.2) is 85.1 Å². The summed E-state index contributed by atoms with van der Waals surface area (Å²) in [7, 11) is 0. The van der Waals surface area contributed by atoms with Gasteiger partial charge in [0, 0.05) is 77.6 Å². The van der Waals surface area contributed by atoms with Gasteiger partial charge in [0.15, 0.2) is 5.78 Å². The number of amides is 2. The molecule has 12 heteroatoms. The summed E-state index contributed by atoms with van der Waals surface area (Å²) in [5.74, 6) is -1.92. The fourth-order valence-electron chi connectivity index (χ4n) is 7.36. The van der Waals surface area contributed by atoms with Crippen LogP contribution in [-0.4, -0.2) is 55.4 Å². The molecule has 1 N–H and O–H groups in total. The molecule has 52 heavy (non-hydrogen) atoms. The molecule has 8 nitrogen and oxygen atoms in total. The summed E-state index contributed by atoms with van der Waals surface area (Å²) < 4.78 is 35.7. The summed E-state index contributed by atoms with van der Waals surface area (Å²) in [5.41, 5.74) is 2.99. The Kier molecular flexibility index (Phi) is 9.11. The zero-order valence-electron chi connectivity index (χ0n) is 28.0. The highest BCUT2D eigenvalue weighted by Crippen LogP contribution is 2.44. The van der Waals surface area contributed by atoms with Crippen LogP contribution < -0.4 is 15.1 Å². The molecule has 3 aromatic carbocycles. The third-order valence-electron chi connectivity index (χ3n) is 10.2. The number of carbonyl (C=O) groups is 3. The van der Waals surface area contributed by atoms with Crippen LogP contribution in [0.5, 0.6) is 0 Å². The highest BCUT2D eigenvalue weighted by molar-refractivity contribution is 7.17. The van der Waals surface area contributed by atoms with Crippen molar-refractivity contribution in [1.29, 1.82) is 0 Å². The molecule has 2 amide bonds. The van der Waals surface area contributed by atoms with Crippen molar-refractivity contribution in [2.75, 3.05) is 48.0 Å². The molecule has 5 aromatic rings. The van der Waals surface area contributed by atoms with Crippen LogP contribution in [0.3, 0.4) is 0 Å². The van der Waals surface area contributed by atoms with E-state index in [0.29, 0.717) is 28.4 Å². The first kappa shape index (κ1) is 34.1. The highest BCUT2D eigenvalue weighted by Gasteiger charge is 2.45. The van der Waals surface area contributed by atoms with Crippen molar-refractivity contribution in [2.24, 2.45) is 5.41 Å². The Morgan fingerprint density at radius 1 is 0.923 bits per heavy atom. The van der Waals surface area contributed by atoms with Crippen molar-refractivity contribution >= 4 is 57.7 Å². The largest absolute Gasteiger partial charge is 0.381 e. The maximum Gasteiger partial charge on any atom is 0.261 e. The maximum atomic E-state index is 15.7. The minimum Gasteiger partial charge on any atom is -0.381 e. The van der Waals surface area contributed by atoms with Gasteiger partial charge in [-0.15, -0.1) is 11.3 Å². The van der Waals surface area contributed by atoms with Crippen LogP contribution in [0.4, 0.5) is 26.0 Å². The number of hydrogen-bond donors (Lipinski definition) is 1. The molecule has 0 aliphatic carbocycles. The smallest absolute Gasteiger partial charge is 0.261 e. The van der Waals surface area contributed by atoms with Crippen molar-refractivity contribution in [2.45, 2.75) is 25.7 Å². The molecule has 0 saturated carbocycles. The van der Waals surface area contributed by atoms with Crippen LogP contribution in [-0.2, 0) is 17.6 Å². The Bertz CT molecular complexity index is 2210. The Balaban J connectivity index is 0.989. The summed E-state index contributed by atoms with van der Waals surface area (Å²) >= 11 is 7.46. The van der Waals surface area contributed by atoms with Gasteiger partial charge in [0.2, 0.25) is 0 Å². The van der Waals surface area contributed by atoms with Crippen LogP contribution in [0, 0.1) is 17.0 Å². The zero-order valence-corrected chi connectivity index (χ0v) is 29.5. The average molecular weight is 739 g/mol. The number of Topliss-reactive ketones (excluding diaryl/α,β-unsaturated/α-hetero) is 1. The van der Waals surface area contributed by atoms with Gasteiger partial charge >= 0.3 is 0 Å². The van der Waals surface area contributed by atoms with E-state index in [0.717, 1.165) is 61.2 Å². The molecule has 1 spiro atoms. The van der Waals surface area contributed by atoms with Crippen molar-refractivity contribution in [1.82, 2.24) is 4.98 Å². The number of nitrogens with one attached hydrogen (secondary N) is 1. The summed E-state index contributed by atoms with van der Waals surface area (Å²) in [6.45, 7) is 3.32. The lowest BCUT2D eigenvalue weighted by atomic mass is 9.73. The Morgan fingerprint density at radius 2 is 1.73 bits per heavy atom. The van der Waals surface area contributed by atoms with E-state index in [2.05, 4.69) is 15.2 Å². The summed E-state index contributed by atoms with van der Waals surface area (Å²) in [4.78, 5) is 50.1. The molecule has 0 bridgehead atoms. The number of anilines is 3. The zero-order chi connectivity index (χ0) is 36.0. The lowest BCUT2D eigenvalue weighted by molar-refractivity contribution is -0.000510. The third-order valence-corrected chi connectivity index (χ3v) is 11.8. The van der Waals surface area contributed by atoms with Crippen LogP contribution in [0.2, 0.25) is 5.02 Å². The van der Waals surface area contributed by atoms with Gasteiger partial charge in [0.1, 0.15) is 17.5 Å². The number of ether oxygens (including phenoxy) is 1. The van der Waals surface area contributed by atoms with Gasteiger partial charge < -0.3 is 19.9 Å². The van der Waals surface area contributed by atoms with E-state index in [1.54, 1.807) is 47.5 Å². The van der Waals surface area contributed by atoms with Gasteiger partial charge in [0.05, 0.1) is 21.7 Å². The van der Waals surface area contributed by atoms with E-state index in [4.69, 9.17) is 16.3 Å². The van der Waals surface area contributed by atoms with Crippen molar-refractivity contribution in [3.05, 3.63) is 129 Å². The molecule has 5 heterocycles. The first-order chi connectivity index (χ1) is 25.2. The van der Waals surface area contributed by atoms with Crippen molar-refractivity contribution in [3.8, 4) is 10.4 Å². The van der Waals surface area contributed by atoms with Crippen molar-refractivity contribution < 1.29 is 27.9 Å². The number of rotatable bonds is 7. The molecule has 0 unspecified atom stereocenters. The second-order valence-electron chi connectivity index (χ2n) is 13.5. The highest BCUT2D eigenvalue weighted by atomic mass is 35.5. The predicted molar refractivity (Wildman–Crippen MR) is 198 cm³/mol. The number of carbonyl (C=O) groups excluding carboxylic acids is 3. The van der Waals surface area contributed by atoms with E-state index in [-0.39, 0.29) is 46.0 Å². The van der Waals surface area contributed by atoms with Gasteiger partial charge in [-0.05, 0) is 79.4 Å². The molecular weight excluding hydrogens is 706 g/mol. The molecule has 0 atom stereocenters. The molecule has 2 fully saturated rings. The molecule has 264 valence electrons. The van der Waals surface area contributed by atoms with Crippen molar-refractivity contribution in [3.63, 3.8) is 0 Å². The maximum absolute atomic E-state index is 15.7. The first-order valence-electron chi connectivity index (χ1n) is 17.1. The third kappa shape index (κ3) is 6.37. The van der Waals surface area contributed by atoms with E-state index in [1.165, 1.54) is 35.6 Å². The molecule has 2 aromatic heterocycles. The van der Waals surface area contributed by atoms with Gasteiger partial charge in [0.25, 0.3) is 11.8 Å². The lowest BCUT2D eigenvalue weighted by Gasteiger charge is -2.53. The summed E-state index contributed by atoms with van der Waals surface area (Å²) in [5, 5.41) is 2.98. The van der Waals surface area contributed by atoms with E-state index < -0.39 is 23.4 Å². The Hall–Kier alpha value is -4.97. The summed E-state index contributed by atoms with van der Waals surface area (Å²) in [6, 6.07) is 20.9. The van der Waals surface area contributed by atoms with Crippen LogP contribution in [0.25, 0.3) is 10.4 Å². The molecule has 3 aliphatic rings. The van der Waals surface area contributed by atoms with Gasteiger partial charge in [-0.1, -0.05) is 35.9 Å². The topological polar surface area (TPSA) is 91.8 Å².